The van der Waals surface area contributed by atoms with Crippen LogP contribution in [0.15, 0.2) is 97.5 Å². The molecule has 0 spiro atoms. The Labute approximate surface area is 213 Å². The average Bonchev–Trinajstić information content (AvgIpc) is 3.07. The van der Waals surface area contributed by atoms with Gasteiger partial charge < -0.3 is 15.1 Å². The van der Waals surface area contributed by atoms with Crippen LogP contribution in [-0.4, -0.2) is 30.1 Å². The van der Waals surface area contributed by atoms with E-state index in [0.29, 0.717) is 29.4 Å². The van der Waals surface area contributed by atoms with E-state index in [1.807, 2.05) is 60.5 Å². The molecule has 0 unspecified atom stereocenters. The van der Waals surface area contributed by atoms with Crippen LogP contribution in [0.4, 0.5) is 30.4 Å². The molecule has 0 saturated carbocycles. The first-order valence-electron chi connectivity index (χ1n) is 11.9. The molecule has 8 heteroatoms. The first-order valence-corrected chi connectivity index (χ1v) is 11.9. The summed E-state index contributed by atoms with van der Waals surface area (Å²) in [6.07, 6.45) is -1.80. The van der Waals surface area contributed by atoms with Gasteiger partial charge in [0.05, 0.1) is 22.6 Å². The Balaban J connectivity index is 1.47. The Bertz CT molecular complexity index is 1420. The number of halogens is 3. The largest absolute Gasteiger partial charge is 0.416 e. The van der Waals surface area contributed by atoms with Crippen molar-refractivity contribution in [2.45, 2.75) is 12.6 Å². The summed E-state index contributed by atoms with van der Waals surface area (Å²) in [5, 5.41) is 3.39. The van der Waals surface area contributed by atoms with Gasteiger partial charge in [-0.15, -0.1) is 0 Å². The maximum atomic E-state index is 13.3. The van der Waals surface area contributed by atoms with Gasteiger partial charge in [-0.1, -0.05) is 36.9 Å². The number of alkyl halides is 3. The minimum atomic E-state index is -4.42. The van der Waals surface area contributed by atoms with Crippen molar-refractivity contribution in [3.05, 3.63) is 103 Å². The van der Waals surface area contributed by atoms with E-state index in [2.05, 4.69) is 21.8 Å². The fraction of sp³-hybridized carbons (Fsp3) is 0.172. The minimum absolute atomic E-state index is 0.408. The molecule has 0 radical (unpaired) electrons. The van der Waals surface area contributed by atoms with Crippen molar-refractivity contribution in [2.24, 2.45) is 0 Å². The van der Waals surface area contributed by atoms with Gasteiger partial charge in [0.1, 0.15) is 5.82 Å². The van der Waals surface area contributed by atoms with Crippen LogP contribution in [0.2, 0.25) is 0 Å². The number of hydrogen-bond acceptors (Lipinski definition) is 5. The van der Waals surface area contributed by atoms with Crippen LogP contribution in [0.25, 0.3) is 22.5 Å². The van der Waals surface area contributed by atoms with E-state index >= 15 is 0 Å². The molecule has 5 rings (SSSR count). The van der Waals surface area contributed by atoms with Crippen molar-refractivity contribution >= 4 is 17.2 Å². The quantitative estimate of drug-likeness (QED) is 0.317. The van der Waals surface area contributed by atoms with Crippen molar-refractivity contribution in [1.82, 2.24) is 9.97 Å². The van der Waals surface area contributed by atoms with Crippen molar-refractivity contribution in [3.63, 3.8) is 0 Å². The van der Waals surface area contributed by atoms with E-state index < -0.39 is 11.7 Å². The molecule has 3 heterocycles. The lowest BCUT2D eigenvalue weighted by Crippen LogP contribution is -2.28. The smallest absolute Gasteiger partial charge is 0.372 e. The maximum absolute atomic E-state index is 13.3. The van der Waals surface area contributed by atoms with Crippen LogP contribution in [0, 0.1) is 0 Å². The number of anilines is 3. The summed E-state index contributed by atoms with van der Waals surface area (Å²) in [4.78, 5) is 13.3. The standard InChI is InChI=1S/C29H26F3N5/c1-20(34-24-11-6-9-22(19-24)25-12-3-4-15-33-25)37-17-7-16-36(2)27-14-13-26(35-28(27)37)21-8-5-10-23(18-21)29(30,31)32/h3-6,8-15,18-19,34H,1,7,16-17H2,2H3. The van der Waals surface area contributed by atoms with Gasteiger partial charge in [-0.2, -0.15) is 13.2 Å². The first kappa shape index (κ1) is 24.4. The molecule has 1 N–H and O–H groups in total. The van der Waals surface area contributed by atoms with Gasteiger partial charge in [0.15, 0.2) is 5.82 Å². The van der Waals surface area contributed by atoms with Crippen LogP contribution >= 0.6 is 0 Å². The molecular weight excluding hydrogens is 475 g/mol. The van der Waals surface area contributed by atoms with Gasteiger partial charge in [-0.05, 0) is 55.0 Å². The zero-order chi connectivity index (χ0) is 26.0. The lowest BCUT2D eigenvalue weighted by atomic mass is 10.1. The normalized spacial score (nSPS) is 13.6. The monoisotopic (exact) mass is 501 g/mol. The molecular formula is C29H26F3N5. The highest BCUT2D eigenvalue weighted by atomic mass is 19.4. The summed E-state index contributed by atoms with van der Waals surface area (Å²) in [6.45, 7) is 5.75. The highest BCUT2D eigenvalue weighted by Gasteiger charge is 2.31. The molecule has 37 heavy (non-hydrogen) atoms. The number of nitrogens with one attached hydrogen (secondary N) is 1. The highest BCUT2D eigenvalue weighted by Crippen LogP contribution is 2.36. The topological polar surface area (TPSA) is 44.3 Å². The number of nitrogens with zero attached hydrogens (tertiary/aromatic N) is 4. The zero-order valence-electron chi connectivity index (χ0n) is 20.3. The van der Waals surface area contributed by atoms with Crippen LogP contribution in [0.5, 0.6) is 0 Å². The Morgan fingerprint density at radius 1 is 0.892 bits per heavy atom. The number of aromatic nitrogens is 2. The molecule has 188 valence electrons. The predicted octanol–water partition coefficient (Wildman–Crippen LogP) is 7.06. The second-order valence-corrected chi connectivity index (χ2v) is 8.91. The number of fused-ring (bicyclic) bond motifs is 1. The van der Waals surface area contributed by atoms with Crippen molar-refractivity contribution in [1.29, 1.82) is 0 Å². The third kappa shape index (κ3) is 5.28. The molecule has 0 saturated heterocycles. The molecule has 4 aromatic rings. The van der Waals surface area contributed by atoms with Gasteiger partial charge in [0, 0.05) is 43.1 Å². The summed E-state index contributed by atoms with van der Waals surface area (Å²) >= 11 is 0. The Kier molecular flexibility index (Phi) is 6.56. The van der Waals surface area contributed by atoms with Crippen LogP contribution in [0.1, 0.15) is 12.0 Å². The molecule has 0 atom stereocenters. The van der Waals surface area contributed by atoms with Gasteiger partial charge in [0.25, 0.3) is 0 Å². The Morgan fingerprint density at radius 2 is 1.68 bits per heavy atom. The molecule has 0 aliphatic carbocycles. The van der Waals surface area contributed by atoms with E-state index in [9.17, 15) is 13.2 Å². The van der Waals surface area contributed by atoms with Crippen LogP contribution in [-0.2, 0) is 6.18 Å². The van der Waals surface area contributed by atoms with Gasteiger partial charge in [0.2, 0.25) is 0 Å². The van der Waals surface area contributed by atoms with Crippen molar-refractivity contribution in [3.8, 4) is 22.5 Å². The summed E-state index contributed by atoms with van der Waals surface area (Å²) < 4.78 is 39.9. The van der Waals surface area contributed by atoms with Crippen molar-refractivity contribution < 1.29 is 13.2 Å². The summed E-state index contributed by atoms with van der Waals surface area (Å²) in [5.41, 5.74) is 3.75. The molecule has 1 aliphatic rings. The molecule has 2 aromatic carbocycles. The van der Waals surface area contributed by atoms with E-state index in [4.69, 9.17) is 4.98 Å². The average molecular weight is 502 g/mol. The molecule has 0 amide bonds. The number of pyridine rings is 2. The zero-order valence-corrected chi connectivity index (χ0v) is 20.3. The molecule has 2 aromatic heterocycles. The van der Waals surface area contributed by atoms with E-state index in [-0.39, 0.29) is 0 Å². The highest BCUT2D eigenvalue weighted by molar-refractivity contribution is 5.76. The van der Waals surface area contributed by atoms with E-state index in [0.717, 1.165) is 47.7 Å². The maximum Gasteiger partial charge on any atom is 0.416 e. The lowest BCUT2D eigenvalue weighted by Gasteiger charge is -2.27. The third-order valence-electron chi connectivity index (χ3n) is 6.32. The predicted molar refractivity (Wildman–Crippen MR) is 142 cm³/mol. The SMILES string of the molecule is C=C(Nc1cccc(-c2ccccn2)c1)N1CCCN(C)c2ccc(-c3cccc(C(F)(F)F)c3)nc21. The fourth-order valence-corrected chi connectivity index (χ4v) is 4.43. The van der Waals surface area contributed by atoms with Crippen molar-refractivity contribution in [2.75, 3.05) is 35.3 Å². The summed E-state index contributed by atoms with van der Waals surface area (Å²) in [6, 6.07) is 22.6. The van der Waals surface area contributed by atoms with Crippen LogP contribution in [0.3, 0.4) is 0 Å². The number of rotatable bonds is 5. The Morgan fingerprint density at radius 3 is 2.43 bits per heavy atom. The van der Waals surface area contributed by atoms with Gasteiger partial charge >= 0.3 is 6.18 Å². The molecule has 0 fully saturated rings. The Hall–Kier alpha value is -4.33. The molecule has 1 aliphatic heterocycles. The first-order chi connectivity index (χ1) is 17.8. The second-order valence-electron chi connectivity index (χ2n) is 8.91. The summed E-state index contributed by atoms with van der Waals surface area (Å²) in [7, 11) is 1.99. The fourth-order valence-electron chi connectivity index (χ4n) is 4.43. The number of benzene rings is 2. The van der Waals surface area contributed by atoms with E-state index in [1.165, 1.54) is 6.07 Å². The number of hydrogen-bond donors (Lipinski definition) is 1. The minimum Gasteiger partial charge on any atom is -0.372 e. The van der Waals surface area contributed by atoms with E-state index in [1.54, 1.807) is 18.3 Å². The van der Waals surface area contributed by atoms with Crippen LogP contribution < -0.4 is 15.1 Å². The van der Waals surface area contributed by atoms with Gasteiger partial charge in [-0.25, -0.2) is 4.98 Å². The summed E-state index contributed by atoms with van der Waals surface area (Å²) in [5.74, 6) is 1.27. The third-order valence-corrected chi connectivity index (χ3v) is 6.32. The van der Waals surface area contributed by atoms with Gasteiger partial charge in [-0.3, -0.25) is 4.98 Å². The lowest BCUT2D eigenvalue weighted by molar-refractivity contribution is -0.137. The molecule has 0 bridgehead atoms. The second kappa shape index (κ2) is 9.97. The molecule has 5 nitrogen and oxygen atoms in total.